The number of carbonyl (C=O) groups excluding carboxylic acids is 1. The number of halogens is 3. The third-order valence-electron chi connectivity index (χ3n) is 2.86. The Labute approximate surface area is 116 Å². The SMILES string of the molecule is O=C(O)c1nnn(CC(=O)N2CCOCC2)c1C(F)(F)F. The normalized spacial score (nSPS) is 16.0. The molecule has 0 unspecified atom stereocenters. The van der Waals surface area contributed by atoms with Crippen LogP contribution >= 0.6 is 0 Å². The van der Waals surface area contributed by atoms with Gasteiger partial charge < -0.3 is 14.7 Å². The molecule has 1 aliphatic rings. The van der Waals surface area contributed by atoms with E-state index in [2.05, 4.69) is 10.3 Å². The molecule has 8 nitrogen and oxygen atoms in total. The van der Waals surface area contributed by atoms with Gasteiger partial charge in [-0.2, -0.15) is 13.2 Å². The summed E-state index contributed by atoms with van der Waals surface area (Å²) >= 11 is 0. The number of aromatic carboxylic acids is 1. The molecule has 1 N–H and O–H groups in total. The van der Waals surface area contributed by atoms with Crippen molar-refractivity contribution in [2.75, 3.05) is 26.3 Å². The van der Waals surface area contributed by atoms with Crippen LogP contribution in [0, 0.1) is 0 Å². The summed E-state index contributed by atoms with van der Waals surface area (Å²) in [6, 6.07) is 0. The van der Waals surface area contributed by atoms with Crippen LogP contribution in [0.1, 0.15) is 16.2 Å². The van der Waals surface area contributed by atoms with Gasteiger partial charge in [0.15, 0.2) is 5.69 Å². The minimum absolute atomic E-state index is 0.265. The molecule has 1 saturated heterocycles. The molecule has 0 radical (unpaired) electrons. The summed E-state index contributed by atoms with van der Waals surface area (Å²) < 4.78 is 44.0. The third-order valence-corrected chi connectivity index (χ3v) is 2.86. The molecule has 1 aromatic rings. The molecular formula is C10H11F3N4O4. The molecular weight excluding hydrogens is 297 g/mol. The van der Waals surface area contributed by atoms with E-state index in [-0.39, 0.29) is 17.8 Å². The van der Waals surface area contributed by atoms with Crippen molar-refractivity contribution in [3.05, 3.63) is 11.4 Å². The number of rotatable bonds is 3. The Balaban J connectivity index is 2.23. The maximum absolute atomic E-state index is 12.9. The molecule has 0 saturated carbocycles. The lowest BCUT2D eigenvalue weighted by molar-refractivity contribution is -0.147. The number of aromatic nitrogens is 3. The van der Waals surface area contributed by atoms with Crippen LogP contribution in [0.15, 0.2) is 0 Å². The highest BCUT2D eigenvalue weighted by atomic mass is 19.4. The molecule has 0 bridgehead atoms. The van der Waals surface area contributed by atoms with Gasteiger partial charge in [0.2, 0.25) is 11.6 Å². The molecule has 0 spiro atoms. The Morgan fingerprint density at radius 3 is 2.43 bits per heavy atom. The Bertz CT molecular complexity index is 551. The van der Waals surface area contributed by atoms with Crippen LogP contribution in [0.4, 0.5) is 13.2 Å². The van der Waals surface area contributed by atoms with E-state index < -0.39 is 36.0 Å². The smallest absolute Gasteiger partial charge is 0.435 e. The maximum atomic E-state index is 12.9. The standard InChI is InChI=1S/C10H11F3N4O4/c11-10(12,13)8-7(9(19)20)14-15-17(8)5-6(18)16-1-3-21-4-2-16/h1-5H2,(H,19,20). The molecule has 1 amide bonds. The summed E-state index contributed by atoms with van der Waals surface area (Å²) in [6.07, 6.45) is -4.97. The van der Waals surface area contributed by atoms with E-state index in [1.165, 1.54) is 4.90 Å². The van der Waals surface area contributed by atoms with Crippen molar-refractivity contribution in [1.29, 1.82) is 0 Å². The average Bonchev–Trinajstić information content (AvgIpc) is 2.83. The number of ether oxygens (including phenoxy) is 1. The summed E-state index contributed by atoms with van der Waals surface area (Å²) in [5.74, 6) is -2.46. The lowest BCUT2D eigenvalue weighted by Gasteiger charge is -2.26. The molecule has 2 heterocycles. The number of hydrogen-bond acceptors (Lipinski definition) is 5. The molecule has 0 aliphatic carbocycles. The average molecular weight is 308 g/mol. The van der Waals surface area contributed by atoms with Gasteiger partial charge >= 0.3 is 12.1 Å². The summed E-state index contributed by atoms with van der Waals surface area (Å²) in [5, 5.41) is 14.8. The molecule has 1 aromatic heterocycles. The Kier molecular flexibility index (Phi) is 4.11. The van der Waals surface area contributed by atoms with Crippen LogP contribution < -0.4 is 0 Å². The first kappa shape index (κ1) is 15.2. The van der Waals surface area contributed by atoms with Gasteiger partial charge in [-0.3, -0.25) is 4.79 Å². The quantitative estimate of drug-likeness (QED) is 0.834. The second kappa shape index (κ2) is 5.68. The molecule has 1 aliphatic heterocycles. The lowest BCUT2D eigenvalue weighted by atomic mass is 10.3. The number of nitrogens with zero attached hydrogens (tertiary/aromatic N) is 4. The summed E-state index contributed by atoms with van der Waals surface area (Å²) in [4.78, 5) is 24.0. The Morgan fingerprint density at radius 2 is 1.90 bits per heavy atom. The first-order valence-electron chi connectivity index (χ1n) is 5.90. The van der Waals surface area contributed by atoms with Crippen LogP contribution in [-0.4, -0.2) is 63.2 Å². The largest absolute Gasteiger partial charge is 0.476 e. The first-order chi connectivity index (χ1) is 9.80. The van der Waals surface area contributed by atoms with Crippen molar-refractivity contribution in [2.45, 2.75) is 12.7 Å². The number of carbonyl (C=O) groups is 2. The van der Waals surface area contributed by atoms with Crippen LogP contribution in [-0.2, 0) is 22.3 Å². The predicted octanol–water partition coefficient (Wildman–Crippen LogP) is -0.146. The van der Waals surface area contributed by atoms with Gasteiger partial charge in [0.25, 0.3) is 0 Å². The molecule has 0 aromatic carbocycles. The van der Waals surface area contributed by atoms with E-state index in [4.69, 9.17) is 9.84 Å². The number of morpholine rings is 1. The van der Waals surface area contributed by atoms with Crippen LogP contribution in [0.5, 0.6) is 0 Å². The zero-order valence-corrected chi connectivity index (χ0v) is 10.6. The zero-order valence-electron chi connectivity index (χ0n) is 10.6. The van der Waals surface area contributed by atoms with Crippen molar-refractivity contribution in [3.63, 3.8) is 0 Å². The molecule has 21 heavy (non-hydrogen) atoms. The van der Waals surface area contributed by atoms with Crippen LogP contribution in [0.2, 0.25) is 0 Å². The molecule has 0 atom stereocenters. The van der Waals surface area contributed by atoms with E-state index >= 15 is 0 Å². The van der Waals surface area contributed by atoms with Crippen LogP contribution in [0.3, 0.4) is 0 Å². The predicted molar refractivity (Wildman–Crippen MR) is 59.4 cm³/mol. The minimum atomic E-state index is -4.97. The fraction of sp³-hybridized carbons (Fsp3) is 0.600. The summed E-state index contributed by atoms with van der Waals surface area (Å²) in [7, 11) is 0. The van der Waals surface area contributed by atoms with Gasteiger partial charge in [-0.1, -0.05) is 5.21 Å². The van der Waals surface area contributed by atoms with Gasteiger partial charge in [0, 0.05) is 13.1 Å². The highest BCUT2D eigenvalue weighted by molar-refractivity contribution is 5.87. The second-order valence-electron chi connectivity index (χ2n) is 4.24. The highest BCUT2D eigenvalue weighted by Crippen LogP contribution is 2.31. The van der Waals surface area contributed by atoms with Crippen molar-refractivity contribution in [3.8, 4) is 0 Å². The van der Waals surface area contributed by atoms with E-state index in [0.717, 1.165) is 0 Å². The number of carboxylic acid groups (broad SMARTS) is 1. The van der Waals surface area contributed by atoms with E-state index in [0.29, 0.717) is 13.2 Å². The number of hydrogen-bond donors (Lipinski definition) is 1. The molecule has 11 heteroatoms. The van der Waals surface area contributed by atoms with Crippen molar-refractivity contribution in [1.82, 2.24) is 19.9 Å². The third kappa shape index (κ3) is 3.29. The number of amides is 1. The van der Waals surface area contributed by atoms with Gasteiger partial charge in [0.05, 0.1) is 13.2 Å². The summed E-state index contributed by atoms with van der Waals surface area (Å²) in [6.45, 7) is 0.404. The monoisotopic (exact) mass is 308 g/mol. The highest BCUT2D eigenvalue weighted by Gasteiger charge is 2.42. The fourth-order valence-electron chi connectivity index (χ4n) is 1.89. The fourth-order valence-corrected chi connectivity index (χ4v) is 1.89. The van der Waals surface area contributed by atoms with Gasteiger partial charge in [-0.25, -0.2) is 9.48 Å². The number of alkyl halides is 3. The van der Waals surface area contributed by atoms with Crippen molar-refractivity contribution < 1.29 is 32.6 Å². The van der Waals surface area contributed by atoms with Crippen molar-refractivity contribution >= 4 is 11.9 Å². The lowest BCUT2D eigenvalue weighted by Crippen LogP contribution is -2.42. The molecule has 2 rings (SSSR count). The van der Waals surface area contributed by atoms with Gasteiger partial charge in [-0.05, 0) is 0 Å². The van der Waals surface area contributed by atoms with Gasteiger partial charge in [-0.15, -0.1) is 5.10 Å². The maximum Gasteiger partial charge on any atom is 0.435 e. The van der Waals surface area contributed by atoms with Crippen LogP contribution in [0.25, 0.3) is 0 Å². The molecule has 116 valence electrons. The molecule has 1 fully saturated rings. The number of carboxylic acids is 1. The minimum Gasteiger partial charge on any atom is -0.476 e. The van der Waals surface area contributed by atoms with Crippen molar-refractivity contribution in [2.24, 2.45) is 0 Å². The Hall–Kier alpha value is -2.17. The van der Waals surface area contributed by atoms with Gasteiger partial charge in [0.1, 0.15) is 6.54 Å². The second-order valence-corrected chi connectivity index (χ2v) is 4.24. The topological polar surface area (TPSA) is 97.5 Å². The van der Waals surface area contributed by atoms with E-state index in [1.807, 2.05) is 0 Å². The Morgan fingerprint density at radius 1 is 1.29 bits per heavy atom. The van der Waals surface area contributed by atoms with E-state index in [1.54, 1.807) is 0 Å². The first-order valence-corrected chi connectivity index (χ1v) is 5.90. The zero-order chi connectivity index (χ0) is 15.6. The summed E-state index contributed by atoms with van der Waals surface area (Å²) in [5.41, 5.74) is -2.77. The van der Waals surface area contributed by atoms with E-state index in [9.17, 15) is 22.8 Å².